The molecule has 2 heteroatoms. The summed E-state index contributed by atoms with van der Waals surface area (Å²) in [6.07, 6.45) is 2.56. The first kappa shape index (κ1) is 11.1. The lowest BCUT2D eigenvalue weighted by atomic mass is 9.88. The molecule has 1 atom stereocenters. The molecule has 3 rings (SSSR count). The van der Waals surface area contributed by atoms with Gasteiger partial charge in [-0.2, -0.15) is 0 Å². The van der Waals surface area contributed by atoms with Crippen molar-refractivity contribution in [2.24, 2.45) is 0 Å². The Bertz CT molecular complexity index is 529. The summed E-state index contributed by atoms with van der Waals surface area (Å²) in [6.45, 7) is 2.26. The Labute approximate surface area is 107 Å². The van der Waals surface area contributed by atoms with Crippen molar-refractivity contribution in [3.05, 3.63) is 47.0 Å². The van der Waals surface area contributed by atoms with Gasteiger partial charge in [-0.05, 0) is 53.8 Å². The van der Waals surface area contributed by atoms with Crippen molar-refractivity contribution >= 4 is 22.4 Å². The van der Waals surface area contributed by atoms with Crippen molar-refractivity contribution in [3.63, 3.8) is 0 Å². The molecule has 0 spiro atoms. The Morgan fingerprint density at radius 3 is 2.94 bits per heavy atom. The van der Waals surface area contributed by atoms with Crippen molar-refractivity contribution < 1.29 is 0 Å². The maximum atomic E-state index is 6.04. The first-order valence-electron chi connectivity index (χ1n) is 6.23. The Balaban J connectivity index is 2.09. The SMILES string of the molecule is Clc1ccc2c(C3CCCNC3)cccc2c1. The van der Waals surface area contributed by atoms with Crippen molar-refractivity contribution in [2.75, 3.05) is 13.1 Å². The summed E-state index contributed by atoms with van der Waals surface area (Å²) in [5.74, 6) is 0.647. The minimum absolute atomic E-state index is 0.647. The van der Waals surface area contributed by atoms with Gasteiger partial charge in [0, 0.05) is 11.6 Å². The van der Waals surface area contributed by atoms with E-state index in [1.54, 1.807) is 0 Å². The highest BCUT2D eigenvalue weighted by atomic mass is 35.5. The highest BCUT2D eigenvalue weighted by Crippen LogP contribution is 2.31. The molecule has 0 bridgehead atoms. The Morgan fingerprint density at radius 2 is 2.12 bits per heavy atom. The van der Waals surface area contributed by atoms with Gasteiger partial charge in [0.1, 0.15) is 0 Å². The second-order valence-electron chi connectivity index (χ2n) is 4.76. The molecule has 1 N–H and O–H groups in total. The zero-order valence-corrected chi connectivity index (χ0v) is 10.5. The molecule has 0 radical (unpaired) electrons. The number of benzene rings is 2. The van der Waals surface area contributed by atoms with E-state index in [0.29, 0.717) is 5.92 Å². The van der Waals surface area contributed by atoms with E-state index in [4.69, 9.17) is 11.6 Å². The number of piperidine rings is 1. The van der Waals surface area contributed by atoms with Crippen LogP contribution in [0.25, 0.3) is 10.8 Å². The summed E-state index contributed by atoms with van der Waals surface area (Å²) in [4.78, 5) is 0. The summed E-state index contributed by atoms with van der Waals surface area (Å²) in [6, 6.07) is 12.7. The standard InChI is InChI=1S/C15H16ClN/c16-13-6-7-15-11(9-13)3-1-5-14(15)12-4-2-8-17-10-12/h1,3,5-7,9,12,17H,2,4,8,10H2. The zero-order chi connectivity index (χ0) is 11.7. The molecule has 88 valence electrons. The highest BCUT2D eigenvalue weighted by Gasteiger charge is 2.16. The van der Waals surface area contributed by atoms with Crippen LogP contribution in [0, 0.1) is 0 Å². The summed E-state index contributed by atoms with van der Waals surface area (Å²) >= 11 is 6.04. The van der Waals surface area contributed by atoms with E-state index in [-0.39, 0.29) is 0 Å². The molecule has 2 aromatic rings. The number of fused-ring (bicyclic) bond motifs is 1. The molecule has 1 saturated heterocycles. The summed E-state index contributed by atoms with van der Waals surface area (Å²) < 4.78 is 0. The lowest BCUT2D eigenvalue weighted by Gasteiger charge is -2.24. The first-order valence-corrected chi connectivity index (χ1v) is 6.61. The van der Waals surface area contributed by atoms with Crippen LogP contribution in [0.3, 0.4) is 0 Å². The van der Waals surface area contributed by atoms with Crippen LogP contribution in [0.15, 0.2) is 36.4 Å². The smallest absolute Gasteiger partial charge is 0.0412 e. The van der Waals surface area contributed by atoms with Gasteiger partial charge in [0.2, 0.25) is 0 Å². The van der Waals surface area contributed by atoms with E-state index in [1.165, 1.54) is 29.2 Å². The highest BCUT2D eigenvalue weighted by molar-refractivity contribution is 6.31. The third-order valence-corrected chi connectivity index (χ3v) is 3.85. The van der Waals surface area contributed by atoms with Crippen LogP contribution in [-0.2, 0) is 0 Å². The molecule has 1 heterocycles. The van der Waals surface area contributed by atoms with E-state index in [0.717, 1.165) is 18.1 Å². The number of hydrogen-bond donors (Lipinski definition) is 1. The fourth-order valence-corrected chi connectivity index (χ4v) is 2.93. The molecule has 1 unspecified atom stereocenters. The molecule has 0 aliphatic carbocycles. The molecular weight excluding hydrogens is 230 g/mol. The van der Waals surface area contributed by atoms with Gasteiger partial charge >= 0.3 is 0 Å². The number of nitrogens with one attached hydrogen (secondary N) is 1. The second kappa shape index (κ2) is 4.67. The van der Waals surface area contributed by atoms with Crippen LogP contribution >= 0.6 is 11.6 Å². The molecule has 0 saturated carbocycles. The number of halogens is 1. The van der Waals surface area contributed by atoms with Gasteiger partial charge in [-0.1, -0.05) is 35.9 Å². The Kier molecular flexibility index (Phi) is 3.04. The molecule has 0 aromatic heterocycles. The Morgan fingerprint density at radius 1 is 1.18 bits per heavy atom. The molecule has 2 aromatic carbocycles. The minimum atomic E-state index is 0.647. The van der Waals surface area contributed by atoms with Gasteiger partial charge in [0.05, 0.1) is 0 Å². The maximum absolute atomic E-state index is 6.04. The van der Waals surface area contributed by atoms with Crippen molar-refractivity contribution in [3.8, 4) is 0 Å². The van der Waals surface area contributed by atoms with Gasteiger partial charge in [0.25, 0.3) is 0 Å². The van der Waals surface area contributed by atoms with Crippen molar-refractivity contribution in [1.82, 2.24) is 5.32 Å². The van der Waals surface area contributed by atoms with E-state index < -0.39 is 0 Å². The summed E-state index contributed by atoms with van der Waals surface area (Å²) in [7, 11) is 0. The van der Waals surface area contributed by atoms with Gasteiger partial charge < -0.3 is 5.32 Å². The fourth-order valence-electron chi connectivity index (χ4n) is 2.75. The van der Waals surface area contributed by atoms with E-state index in [1.807, 2.05) is 6.07 Å². The molecular formula is C15H16ClN. The molecule has 0 amide bonds. The van der Waals surface area contributed by atoms with Crippen LogP contribution in [0.5, 0.6) is 0 Å². The van der Waals surface area contributed by atoms with E-state index >= 15 is 0 Å². The monoisotopic (exact) mass is 245 g/mol. The maximum Gasteiger partial charge on any atom is 0.0412 e. The third-order valence-electron chi connectivity index (χ3n) is 3.61. The minimum Gasteiger partial charge on any atom is -0.316 e. The average Bonchev–Trinajstić information content (AvgIpc) is 2.39. The molecule has 1 fully saturated rings. The predicted octanol–water partition coefficient (Wildman–Crippen LogP) is 3.96. The van der Waals surface area contributed by atoms with Gasteiger partial charge in [-0.15, -0.1) is 0 Å². The third kappa shape index (κ3) is 2.18. The van der Waals surface area contributed by atoms with Gasteiger partial charge in [0.15, 0.2) is 0 Å². The normalized spacial score (nSPS) is 20.6. The van der Waals surface area contributed by atoms with E-state index in [9.17, 15) is 0 Å². The number of rotatable bonds is 1. The number of hydrogen-bond acceptors (Lipinski definition) is 1. The lowest BCUT2D eigenvalue weighted by Crippen LogP contribution is -2.28. The zero-order valence-electron chi connectivity index (χ0n) is 9.75. The van der Waals surface area contributed by atoms with Crippen molar-refractivity contribution in [2.45, 2.75) is 18.8 Å². The lowest BCUT2D eigenvalue weighted by molar-refractivity contribution is 0.463. The predicted molar refractivity (Wildman–Crippen MR) is 73.8 cm³/mol. The molecule has 17 heavy (non-hydrogen) atoms. The van der Waals surface area contributed by atoms with Gasteiger partial charge in [-0.25, -0.2) is 0 Å². The van der Waals surface area contributed by atoms with Crippen LogP contribution in [0.2, 0.25) is 5.02 Å². The Hall–Kier alpha value is -1.05. The largest absolute Gasteiger partial charge is 0.316 e. The quantitative estimate of drug-likeness (QED) is 0.802. The molecule has 1 nitrogen and oxygen atoms in total. The van der Waals surface area contributed by atoms with Gasteiger partial charge in [-0.3, -0.25) is 0 Å². The first-order chi connectivity index (χ1) is 8.34. The van der Waals surface area contributed by atoms with Crippen LogP contribution < -0.4 is 5.32 Å². The molecule has 1 aliphatic rings. The van der Waals surface area contributed by atoms with Crippen molar-refractivity contribution in [1.29, 1.82) is 0 Å². The fraction of sp³-hybridized carbons (Fsp3) is 0.333. The van der Waals surface area contributed by atoms with Crippen LogP contribution in [-0.4, -0.2) is 13.1 Å². The molecule has 1 aliphatic heterocycles. The topological polar surface area (TPSA) is 12.0 Å². The summed E-state index contributed by atoms with van der Waals surface area (Å²) in [5.41, 5.74) is 1.46. The second-order valence-corrected chi connectivity index (χ2v) is 5.19. The van der Waals surface area contributed by atoms with Crippen LogP contribution in [0.1, 0.15) is 24.3 Å². The van der Waals surface area contributed by atoms with E-state index in [2.05, 4.69) is 35.6 Å². The summed E-state index contributed by atoms with van der Waals surface area (Å²) in [5, 5.41) is 6.90. The van der Waals surface area contributed by atoms with Crippen LogP contribution in [0.4, 0.5) is 0 Å². The average molecular weight is 246 g/mol.